The van der Waals surface area contributed by atoms with Gasteiger partial charge in [-0.05, 0) is 38.0 Å². The number of nitrogens with two attached hydrogens (primary N) is 1. The van der Waals surface area contributed by atoms with E-state index in [0.717, 1.165) is 12.8 Å². The summed E-state index contributed by atoms with van der Waals surface area (Å²) < 4.78 is 11.2. The molecule has 0 aliphatic heterocycles. The van der Waals surface area contributed by atoms with Crippen molar-refractivity contribution in [1.29, 1.82) is 0 Å². The van der Waals surface area contributed by atoms with Crippen LogP contribution in [0.3, 0.4) is 0 Å². The maximum absolute atomic E-state index is 6.01. The van der Waals surface area contributed by atoms with Crippen LogP contribution in [-0.4, -0.2) is 16.7 Å². The molecular weight excluding hydrogens is 290 g/mol. The van der Waals surface area contributed by atoms with E-state index in [1.54, 1.807) is 18.2 Å². The minimum atomic E-state index is -0.513. The molecule has 0 saturated carbocycles. The topological polar surface area (TPSA) is 74.2 Å². The molecule has 2 N–H and O–H groups in total. The lowest BCUT2D eigenvalue weighted by molar-refractivity contribution is -0.0583. The van der Waals surface area contributed by atoms with E-state index in [1.807, 2.05) is 20.8 Å². The van der Waals surface area contributed by atoms with Crippen LogP contribution in [0.15, 0.2) is 22.7 Å². The maximum Gasteiger partial charge on any atom is 0.258 e. The summed E-state index contributed by atoms with van der Waals surface area (Å²) in [4.78, 5) is 4.48. The van der Waals surface area contributed by atoms with Crippen LogP contribution in [0.5, 0.6) is 0 Å². The minimum Gasteiger partial charge on any atom is -0.399 e. The van der Waals surface area contributed by atoms with Crippen LogP contribution >= 0.6 is 11.6 Å². The summed E-state index contributed by atoms with van der Waals surface area (Å²) in [6.45, 7) is 6.65. The average Bonchev–Trinajstić information content (AvgIpc) is 2.94. The second-order valence-electron chi connectivity index (χ2n) is 4.83. The minimum absolute atomic E-state index is 0.394. The molecule has 0 bridgehead atoms. The first-order chi connectivity index (χ1) is 10.0. The third kappa shape index (κ3) is 3.19. The van der Waals surface area contributed by atoms with Crippen LogP contribution in [0, 0.1) is 0 Å². The molecule has 1 aromatic carbocycles. The van der Waals surface area contributed by atoms with Gasteiger partial charge in [0.05, 0.1) is 0 Å². The summed E-state index contributed by atoms with van der Waals surface area (Å²) in [7, 11) is 0. The highest BCUT2D eigenvalue weighted by Crippen LogP contribution is 2.33. The third-order valence-corrected chi connectivity index (χ3v) is 3.78. The summed E-state index contributed by atoms with van der Waals surface area (Å²) in [5.74, 6) is 0.952. The number of ether oxygens (including phenoxy) is 1. The van der Waals surface area contributed by atoms with Crippen molar-refractivity contribution in [3.8, 4) is 11.5 Å². The van der Waals surface area contributed by atoms with Crippen molar-refractivity contribution >= 4 is 17.3 Å². The fourth-order valence-corrected chi connectivity index (χ4v) is 2.62. The van der Waals surface area contributed by atoms with Crippen LogP contribution in [0.25, 0.3) is 11.5 Å². The number of anilines is 1. The number of rotatable bonds is 6. The Morgan fingerprint density at radius 1 is 1.24 bits per heavy atom. The second kappa shape index (κ2) is 6.45. The zero-order chi connectivity index (χ0) is 15.5. The normalized spacial score (nSPS) is 11.8. The molecule has 2 rings (SSSR count). The fourth-order valence-electron chi connectivity index (χ4n) is 2.37. The smallest absolute Gasteiger partial charge is 0.258 e. The van der Waals surface area contributed by atoms with Crippen LogP contribution in [0.2, 0.25) is 5.02 Å². The first kappa shape index (κ1) is 15.8. The monoisotopic (exact) mass is 309 g/mol. The molecule has 0 spiro atoms. The van der Waals surface area contributed by atoms with Crippen molar-refractivity contribution in [3.05, 3.63) is 29.0 Å². The number of nitrogen functional groups attached to an aromatic ring is 1. The highest BCUT2D eigenvalue weighted by molar-refractivity contribution is 6.31. The van der Waals surface area contributed by atoms with Gasteiger partial charge >= 0.3 is 0 Å². The largest absolute Gasteiger partial charge is 0.399 e. The summed E-state index contributed by atoms with van der Waals surface area (Å²) in [6, 6.07) is 5.17. The molecule has 0 saturated heterocycles. The van der Waals surface area contributed by atoms with Crippen LogP contribution in [0.4, 0.5) is 5.69 Å². The van der Waals surface area contributed by atoms with E-state index in [-0.39, 0.29) is 0 Å². The third-order valence-electron chi connectivity index (χ3n) is 3.56. The van der Waals surface area contributed by atoms with Crippen molar-refractivity contribution in [2.24, 2.45) is 0 Å². The Kier molecular flexibility index (Phi) is 4.85. The molecular formula is C15H20ClN3O2. The molecule has 0 amide bonds. The lowest BCUT2D eigenvalue weighted by Crippen LogP contribution is -2.29. The van der Waals surface area contributed by atoms with Gasteiger partial charge in [-0.2, -0.15) is 4.98 Å². The predicted octanol–water partition coefficient (Wildman–Crippen LogP) is 4.02. The van der Waals surface area contributed by atoms with Gasteiger partial charge in [-0.3, -0.25) is 0 Å². The van der Waals surface area contributed by atoms with Gasteiger partial charge in [-0.15, -0.1) is 0 Å². The van der Waals surface area contributed by atoms with Gasteiger partial charge in [-0.25, -0.2) is 0 Å². The molecule has 21 heavy (non-hydrogen) atoms. The summed E-state index contributed by atoms with van der Waals surface area (Å²) >= 11 is 6.01. The fraction of sp³-hybridized carbons (Fsp3) is 0.467. The zero-order valence-electron chi connectivity index (χ0n) is 12.5. The Hall–Kier alpha value is -1.59. The highest BCUT2D eigenvalue weighted by atomic mass is 35.5. The molecule has 0 aliphatic rings. The Morgan fingerprint density at radius 2 is 1.95 bits per heavy atom. The Morgan fingerprint density at radius 3 is 2.52 bits per heavy atom. The number of nitrogens with zero attached hydrogens (tertiary/aromatic N) is 2. The van der Waals surface area contributed by atoms with E-state index in [0.29, 0.717) is 34.6 Å². The number of hydrogen-bond acceptors (Lipinski definition) is 5. The number of aromatic nitrogens is 2. The number of benzene rings is 1. The molecule has 0 fully saturated rings. The first-order valence-corrected chi connectivity index (χ1v) is 7.47. The van der Waals surface area contributed by atoms with Crippen molar-refractivity contribution in [1.82, 2.24) is 10.1 Å². The van der Waals surface area contributed by atoms with E-state index in [4.69, 9.17) is 26.6 Å². The number of halogens is 1. The second-order valence-corrected chi connectivity index (χ2v) is 5.27. The molecule has 6 heteroatoms. The van der Waals surface area contributed by atoms with Crippen molar-refractivity contribution in [2.75, 3.05) is 12.3 Å². The van der Waals surface area contributed by atoms with Gasteiger partial charge in [0.15, 0.2) is 0 Å². The van der Waals surface area contributed by atoms with Gasteiger partial charge in [0.2, 0.25) is 5.82 Å². The summed E-state index contributed by atoms with van der Waals surface area (Å²) in [5, 5.41) is 4.62. The zero-order valence-corrected chi connectivity index (χ0v) is 13.3. The van der Waals surface area contributed by atoms with Gasteiger partial charge in [-0.1, -0.05) is 30.6 Å². The highest BCUT2D eigenvalue weighted by Gasteiger charge is 2.34. The number of hydrogen-bond donors (Lipinski definition) is 1. The van der Waals surface area contributed by atoms with Crippen LogP contribution in [0.1, 0.15) is 39.4 Å². The quantitative estimate of drug-likeness (QED) is 0.816. The Balaban J connectivity index is 2.40. The molecule has 114 valence electrons. The van der Waals surface area contributed by atoms with Crippen LogP contribution in [-0.2, 0) is 10.3 Å². The maximum atomic E-state index is 6.01. The lowest BCUT2D eigenvalue weighted by atomic mass is 9.96. The van der Waals surface area contributed by atoms with Gasteiger partial charge in [0, 0.05) is 22.9 Å². The standard InChI is InChI=1S/C15H20ClN3O2/c1-4-15(5-2,20-6-3)14-18-13(21-19-14)10-7-11(16)9-12(17)8-10/h7-9H,4-6,17H2,1-3H3. The predicted molar refractivity (Wildman–Crippen MR) is 83.0 cm³/mol. The van der Waals surface area contributed by atoms with Crippen molar-refractivity contribution in [3.63, 3.8) is 0 Å². The first-order valence-electron chi connectivity index (χ1n) is 7.09. The molecule has 0 radical (unpaired) electrons. The van der Waals surface area contributed by atoms with Gasteiger partial charge in [0.1, 0.15) is 5.60 Å². The molecule has 1 aromatic heterocycles. The van der Waals surface area contributed by atoms with Crippen molar-refractivity contribution in [2.45, 2.75) is 39.2 Å². The van der Waals surface area contributed by atoms with E-state index in [2.05, 4.69) is 10.1 Å². The molecule has 0 unspecified atom stereocenters. The molecule has 0 aliphatic carbocycles. The van der Waals surface area contributed by atoms with Crippen LogP contribution < -0.4 is 5.73 Å². The summed E-state index contributed by atoms with van der Waals surface area (Å²) in [5.41, 5.74) is 6.54. The lowest BCUT2D eigenvalue weighted by Gasteiger charge is -2.27. The SMILES string of the molecule is CCOC(CC)(CC)c1noc(-c2cc(N)cc(Cl)c2)n1. The van der Waals surface area contributed by atoms with E-state index in [1.165, 1.54) is 0 Å². The molecule has 0 atom stereocenters. The van der Waals surface area contributed by atoms with Crippen molar-refractivity contribution < 1.29 is 9.26 Å². The summed E-state index contributed by atoms with van der Waals surface area (Å²) in [6.07, 6.45) is 1.54. The van der Waals surface area contributed by atoms with E-state index < -0.39 is 5.60 Å². The van der Waals surface area contributed by atoms with E-state index in [9.17, 15) is 0 Å². The molecule has 5 nitrogen and oxygen atoms in total. The molecule has 2 aromatic rings. The molecule has 1 heterocycles. The van der Waals surface area contributed by atoms with Gasteiger partial charge < -0.3 is 15.0 Å². The Bertz CT molecular complexity index is 588. The van der Waals surface area contributed by atoms with E-state index >= 15 is 0 Å². The van der Waals surface area contributed by atoms with Gasteiger partial charge in [0.25, 0.3) is 5.89 Å². The Labute approximate surface area is 129 Å². The average molecular weight is 310 g/mol.